The average molecular weight is 416 g/mol. The molecule has 0 bridgehead atoms. The van der Waals surface area contributed by atoms with Crippen molar-refractivity contribution in [2.24, 2.45) is 0 Å². The number of aromatic nitrogens is 1. The molecule has 2 N–H and O–H groups in total. The molecule has 0 unspecified atom stereocenters. The Morgan fingerprint density at radius 3 is 2.52 bits per heavy atom. The van der Waals surface area contributed by atoms with Crippen molar-refractivity contribution in [3.05, 3.63) is 40.9 Å². The number of carbonyl (C=O) groups is 3. The van der Waals surface area contributed by atoms with Crippen molar-refractivity contribution in [3.8, 4) is 0 Å². The first kappa shape index (κ1) is 20.8. The van der Waals surface area contributed by atoms with E-state index < -0.39 is 0 Å². The summed E-state index contributed by atoms with van der Waals surface area (Å²) in [6.07, 6.45) is 0.877. The molecule has 4 amide bonds. The van der Waals surface area contributed by atoms with E-state index in [0.717, 1.165) is 16.9 Å². The molecular weight excluding hydrogens is 390 g/mol. The highest BCUT2D eigenvalue weighted by Crippen LogP contribution is 2.18. The quantitative estimate of drug-likeness (QED) is 0.785. The third-order valence-corrected chi connectivity index (χ3v) is 5.53. The van der Waals surface area contributed by atoms with Crippen LogP contribution in [0.25, 0.3) is 0 Å². The summed E-state index contributed by atoms with van der Waals surface area (Å²) in [4.78, 5) is 43.8. The fourth-order valence-corrected chi connectivity index (χ4v) is 3.87. The van der Waals surface area contributed by atoms with Crippen LogP contribution >= 0.6 is 11.3 Å². The highest BCUT2D eigenvalue weighted by atomic mass is 32.1. The van der Waals surface area contributed by atoms with E-state index in [1.165, 1.54) is 11.3 Å². The van der Waals surface area contributed by atoms with Crippen LogP contribution in [0.1, 0.15) is 24.6 Å². The maximum Gasteiger partial charge on any atom is 0.325 e. The number of urea groups is 1. The summed E-state index contributed by atoms with van der Waals surface area (Å²) >= 11 is 1.33. The third-order valence-electron chi connectivity index (χ3n) is 4.72. The van der Waals surface area contributed by atoms with Crippen LogP contribution in [0.3, 0.4) is 0 Å². The molecular formula is C20H25N5O3S. The van der Waals surface area contributed by atoms with E-state index in [2.05, 4.69) is 15.6 Å². The summed E-state index contributed by atoms with van der Waals surface area (Å²) in [5, 5.41) is 7.84. The predicted octanol–water partition coefficient (Wildman–Crippen LogP) is 2.72. The number of anilines is 2. The molecule has 1 aromatic carbocycles. The molecule has 154 valence electrons. The Morgan fingerprint density at radius 1 is 1.10 bits per heavy atom. The van der Waals surface area contributed by atoms with Crippen molar-refractivity contribution in [2.75, 3.05) is 36.8 Å². The first-order valence-electron chi connectivity index (χ1n) is 9.53. The molecule has 0 spiro atoms. The molecule has 2 aromatic rings. The summed E-state index contributed by atoms with van der Waals surface area (Å²) in [5.74, 6) is 0.110. The smallest absolute Gasteiger partial charge is 0.325 e. The molecule has 0 radical (unpaired) electrons. The molecule has 0 atom stereocenters. The van der Waals surface area contributed by atoms with E-state index in [-0.39, 0.29) is 17.8 Å². The fourth-order valence-electron chi connectivity index (χ4n) is 3.13. The Bertz CT molecular complexity index is 890. The number of amides is 4. The standard InChI is InChI=1S/C20H25N5O3S/c1-14-4-3-5-16(12-14)21-19(28)23-20-22-17(13-29-20)6-7-18(27)25-10-8-24(9-11-25)15(2)26/h3-5,12-13H,6-11H2,1-2H3,(H2,21,22,23,28). The lowest BCUT2D eigenvalue weighted by Gasteiger charge is -2.34. The van der Waals surface area contributed by atoms with Crippen LogP contribution in [-0.4, -0.2) is 58.8 Å². The Balaban J connectivity index is 1.43. The number of hydrogen-bond donors (Lipinski definition) is 2. The zero-order valence-electron chi connectivity index (χ0n) is 16.6. The molecule has 8 nitrogen and oxygen atoms in total. The molecule has 0 saturated carbocycles. The van der Waals surface area contributed by atoms with Crippen LogP contribution < -0.4 is 10.6 Å². The number of benzene rings is 1. The van der Waals surface area contributed by atoms with Crippen molar-refractivity contribution in [1.29, 1.82) is 0 Å². The first-order chi connectivity index (χ1) is 13.9. The molecule has 0 aliphatic carbocycles. The van der Waals surface area contributed by atoms with Crippen LogP contribution in [-0.2, 0) is 16.0 Å². The second kappa shape index (κ2) is 9.51. The number of nitrogens with zero attached hydrogens (tertiary/aromatic N) is 3. The second-order valence-corrected chi connectivity index (χ2v) is 7.84. The minimum Gasteiger partial charge on any atom is -0.339 e. The molecule has 3 rings (SSSR count). The monoisotopic (exact) mass is 415 g/mol. The Labute approximate surface area is 173 Å². The van der Waals surface area contributed by atoms with Crippen molar-refractivity contribution in [1.82, 2.24) is 14.8 Å². The van der Waals surface area contributed by atoms with E-state index in [1.807, 2.05) is 36.6 Å². The summed E-state index contributed by atoms with van der Waals surface area (Å²) in [7, 11) is 0. The molecule has 1 aliphatic heterocycles. The molecule has 29 heavy (non-hydrogen) atoms. The third kappa shape index (κ3) is 6.02. The molecule has 9 heteroatoms. The summed E-state index contributed by atoms with van der Waals surface area (Å²) in [6, 6.07) is 7.19. The summed E-state index contributed by atoms with van der Waals surface area (Å²) in [5.41, 5.74) is 2.55. The van der Waals surface area contributed by atoms with Gasteiger partial charge in [-0.15, -0.1) is 11.3 Å². The van der Waals surface area contributed by atoms with Crippen LogP contribution in [0.15, 0.2) is 29.6 Å². The van der Waals surface area contributed by atoms with Crippen molar-refractivity contribution < 1.29 is 14.4 Å². The number of nitrogens with one attached hydrogen (secondary N) is 2. The zero-order chi connectivity index (χ0) is 20.8. The van der Waals surface area contributed by atoms with Crippen LogP contribution in [0.4, 0.5) is 15.6 Å². The topological polar surface area (TPSA) is 94.6 Å². The molecule has 2 heterocycles. The van der Waals surface area contributed by atoms with E-state index in [0.29, 0.717) is 44.2 Å². The highest BCUT2D eigenvalue weighted by Gasteiger charge is 2.22. The number of aryl methyl sites for hydroxylation is 2. The van der Waals surface area contributed by atoms with Gasteiger partial charge >= 0.3 is 6.03 Å². The minimum absolute atomic E-state index is 0.0473. The van der Waals surface area contributed by atoms with Crippen molar-refractivity contribution >= 4 is 40.0 Å². The normalized spacial score (nSPS) is 13.9. The van der Waals surface area contributed by atoms with Gasteiger partial charge in [-0.3, -0.25) is 14.9 Å². The molecule has 1 saturated heterocycles. The number of thiazole rings is 1. The van der Waals surface area contributed by atoms with Gasteiger partial charge in [0.05, 0.1) is 5.69 Å². The van der Waals surface area contributed by atoms with E-state index >= 15 is 0 Å². The second-order valence-electron chi connectivity index (χ2n) is 6.98. The zero-order valence-corrected chi connectivity index (χ0v) is 17.4. The molecule has 1 aromatic heterocycles. The predicted molar refractivity (Wildman–Crippen MR) is 113 cm³/mol. The van der Waals surface area contributed by atoms with Crippen LogP contribution in [0.2, 0.25) is 0 Å². The average Bonchev–Trinajstić information content (AvgIpc) is 3.13. The van der Waals surface area contributed by atoms with Gasteiger partial charge in [0.25, 0.3) is 0 Å². The maximum absolute atomic E-state index is 12.4. The van der Waals surface area contributed by atoms with Gasteiger partial charge in [0.2, 0.25) is 11.8 Å². The summed E-state index contributed by atoms with van der Waals surface area (Å²) in [6.45, 7) is 5.82. The van der Waals surface area contributed by atoms with E-state index in [1.54, 1.807) is 16.7 Å². The first-order valence-corrected chi connectivity index (χ1v) is 10.4. The van der Waals surface area contributed by atoms with E-state index in [4.69, 9.17) is 0 Å². The lowest BCUT2D eigenvalue weighted by molar-refractivity contribution is -0.138. The highest BCUT2D eigenvalue weighted by molar-refractivity contribution is 7.13. The van der Waals surface area contributed by atoms with Gasteiger partial charge in [0, 0.05) is 50.6 Å². The number of hydrogen-bond acceptors (Lipinski definition) is 5. The van der Waals surface area contributed by atoms with Gasteiger partial charge in [-0.05, 0) is 31.0 Å². The maximum atomic E-state index is 12.4. The minimum atomic E-state index is -0.351. The lowest BCUT2D eigenvalue weighted by atomic mass is 10.2. The van der Waals surface area contributed by atoms with Gasteiger partial charge in [0.1, 0.15) is 0 Å². The van der Waals surface area contributed by atoms with Gasteiger partial charge in [-0.1, -0.05) is 12.1 Å². The van der Waals surface area contributed by atoms with Gasteiger partial charge in [-0.2, -0.15) is 0 Å². The Morgan fingerprint density at radius 2 is 1.83 bits per heavy atom. The lowest BCUT2D eigenvalue weighted by Crippen LogP contribution is -2.50. The van der Waals surface area contributed by atoms with Gasteiger partial charge in [0.15, 0.2) is 5.13 Å². The SMILES string of the molecule is CC(=O)N1CCN(C(=O)CCc2csc(NC(=O)Nc3cccc(C)c3)n2)CC1. The fraction of sp³-hybridized carbons (Fsp3) is 0.400. The largest absolute Gasteiger partial charge is 0.339 e. The molecule has 1 aliphatic rings. The van der Waals surface area contributed by atoms with Crippen molar-refractivity contribution in [2.45, 2.75) is 26.7 Å². The van der Waals surface area contributed by atoms with Gasteiger partial charge in [-0.25, -0.2) is 9.78 Å². The van der Waals surface area contributed by atoms with Crippen molar-refractivity contribution in [3.63, 3.8) is 0 Å². The molecule has 1 fully saturated rings. The van der Waals surface area contributed by atoms with Crippen LogP contribution in [0.5, 0.6) is 0 Å². The number of carbonyl (C=O) groups excluding carboxylic acids is 3. The van der Waals surface area contributed by atoms with Crippen LogP contribution in [0, 0.1) is 6.92 Å². The van der Waals surface area contributed by atoms with E-state index in [9.17, 15) is 14.4 Å². The van der Waals surface area contributed by atoms with Gasteiger partial charge < -0.3 is 15.1 Å². The summed E-state index contributed by atoms with van der Waals surface area (Å²) < 4.78 is 0. The number of rotatable bonds is 5. The Hall–Kier alpha value is -2.94. The Kier molecular flexibility index (Phi) is 6.82. The number of piperazine rings is 1.